The summed E-state index contributed by atoms with van der Waals surface area (Å²) in [5.41, 5.74) is 0. The first-order valence-electron chi connectivity index (χ1n) is 3.54. The molecule has 0 bridgehead atoms. The molecule has 66 valence electrons. The monoisotopic (exact) mass is 269 g/mol. The molecule has 0 atom stereocenters. The third-order valence-corrected chi connectivity index (χ3v) is 1.62. The SMILES string of the molecule is CN(C)C(=NCCI)N(C)C. The van der Waals surface area contributed by atoms with Crippen molar-refractivity contribution in [3.8, 4) is 0 Å². The average molecular weight is 269 g/mol. The Morgan fingerprint density at radius 1 is 1.18 bits per heavy atom. The first-order chi connectivity index (χ1) is 5.09. The van der Waals surface area contributed by atoms with Gasteiger partial charge in [0, 0.05) is 32.6 Å². The smallest absolute Gasteiger partial charge is 0.195 e. The van der Waals surface area contributed by atoms with E-state index in [0.29, 0.717) is 0 Å². The molecule has 0 aliphatic rings. The molecular formula is C7H16IN3. The predicted octanol–water partition coefficient (Wildman–Crippen LogP) is 0.901. The third-order valence-electron chi connectivity index (χ3n) is 1.14. The lowest BCUT2D eigenvalue weighted by atomic mass is 10.7. The number of aliphatic imine (C=N–C) groups is 1. The zero-order valence-corrected chi connectivity index (χ0v) is 9.79. The predicted molar refractivity (Wildman–Crippen MR) is 58.6 cm³/mol. The highest BCUT2D eigenvalue weighted by Gasteiger charge is 2.01. The standard InChI is InChI=1S/C7H16IN3/c1-10(2)7(11(3)4)9-6-5-8/h5-6H2,1-4H3. The lowest BCUT2D eigenvalue weighted by Gasteiger charge is -2.22. The summed E-state index contributed by atoms with van der Waals surface area (Å²) >= 11 is 2.32. The minimum atomic E-state index is 0.895. The summed E-state index contributed by atoms with van der Waals surface area (Å²) in [5, 5.41) is 0. The van der Waals surface area contributed by atoms with Crippen LogP contribution in [0, 0.1) is 0 Å². The Kier molecular flexibility index (Phi) is 5.62. The van der Waals surface area contributed by atoms with Crippen LogP contribution in [-0.4, -0.2) is 54.9 Å². The van der Waals surface area contributed by atoms with E-state index < -0.39 is 0 Å². The number of guanidine groups is 1. The molecule has 0 aromatic carbocycles. The van der Waals surface area contributed by atoms with E-state index in [2.05, 4.69) is 27.6 Å². The molecule has 0 heterocycles. The molecule has 0 rings (SSSR count). The Bertz CT molecular complexity index is 122. The lowest BCUT2D eigenvalue weighted by Crippen LogP contribution is -2.35. The zero-order chi connectivity index (χ0) is 8.85. The molecule has 0 aromatic heterocycles. The second-order valence-electron chi connectivity index (χ2n) is 2.66. The van der Waals surface area contributed by atoms with Crippen LogP contribution < -0.4 is 0 Å². The van der Waals surface area contributed by atoms with Gasteiger partial charge in [-0.1, -0.05) is 22.6 Å². The molecule has 0 saturated carbocycles. The number of nitrogens with zero attached hydrogens (tertiary/aromatic N) is 3. The van der Waals surface area contributed by atoms with Gasteiger partial charge in [0.2, 0.25) is 0 Å². The largest absolute Gasteiger partial charge is 0.349 e. The number of hydrogen-bond donors (Lipinski definition) is 0. The second kappa shape index (κ2) is 5.62. The maximum absolute atomic E-state index is 4.40. The zero-order valence-electron chi connectivity index (χ0n) is 7.63. The van der Waals surface area contributed by atoms with E-state index in [9.17, 15) is 0 Å². The minimum Gasteiger partial charge on any atom is -0.349 e. The van der Waals surface area contributed by atoms with E-state index in [1.165, 1.54) is 0 Å². The van der Waals surface area contributed by atoms with Gasteiger partial charge in [0.25, 0.3) is 0 Å². The molecule has 0 aromatic rings. The molecule has 0 fully saturated rings. The Labute approximate surface area is 82.6 Å². The van der Waals surface area contributed by atoms with Crippen molar-refractivity contribution in [1.29, 1.82) is 0 Å². The van der Waals surface area contributed by atoms with Crippen molar-refractivity contribution in [1.82, 2.24) is 9.80 Å². The fourth-order valence-electron chi connectivity index (χ4n) is 0.825. The number of rotatable bonds is 2. The maximum Gasteiger partial charge on any atom is 0.195 e. The van der Waals surface area contributed by atoms with Crippen LogP contribution in [0.15, 0.2) is 4.99 Å². The summed E-state index contributed by atoms with van der Waals surface area (Å²) in [6, 6.07) is 0. The van der Waals surface area contributed by atoms with Crippen LogP contribution in [0.1, 0.15) is 0 Å². The van der Waals surface area contributed by atoms with E-state index in [1.807, 2.05) is 38.0 Å². The Morgan fingerprint density at radius 3 is 1.91 bits per heavy atom. The van der Waals surface area contributed by atoms with Crippen LogP contribution in [0.5, 0.6) is 0 Å². The summed E-state index contributed by atoms with van der Waals surface area (Å²) in [4.78, 5) is 8.44. The first-order valence-corrected chi connectivity index (χ1v) is 5.07. The third kappa shape index (κ3) is 4.44. The van der Waals surface area contributed by atoms with Crippen molar-refractivity contribution in [2.75, 3.05) is 39.2 Å². The van der Waals surface area contributed by atoms with Gasteiger partial charge >= 0.3 is 0 Å². The molecule has 0 radical (unpaired) electrons. The topological polar surface area (TPSA) is 18.8 Å². The van der Waals surface area contributed by atoms with Crippen molar-refractivity contribution in [2.24, 2.45) is 4.99 Å². The molecule has 3 nitrogen and oxygen atoms in total. The van der Waals surface area contributed by atoms with Gasteiger partial charge in [0.15, 0.2) is 5.96 Å². The average Bonchev–Trinajstić information content (AvgIpc) is 1.87. The number of alkyl halides is 1. The summed E-state index contributed by atoms with van der Waals surface area (Å²) in [6.45, 7) is 0.895. The molecular weight excluding hydrogens is 253 g/mol. The van der Waals surface area contributed by atoms with Crippen LogP contribution in [-0.2, 0) is 0 Å². The summed E-state index contributed by atoms with van der Waals surface area (Å²) < 4.78 is 1.07. The second-order valence-corrected chi connectivity index (χ2v) is 3.74. The van der Waals surface area contributed by atoms with Gasteiger partial charge in [-0.3, -0.25) is 4.99 Å². The molecule has 4 heteroatoms. The molecule has 0 N–H and O–H groups in total. The number of hydrogen-bond acceptors (Lipinski definition) is 1. The van der Waals surface area contributed by atoms with Crippen LogP contribution in [0.3, 0.4) is 0 Å². The van der Waals surface area contributed by atoms with E-state index in [1.54, 1.807) is 0 Å². The van der Waals surface area contributed by atoms with Crippen LogP contribution in [0.2, 0.25) is 0 Å². The van der Waals surface area contributed by atoms with Gasteiger partial charge in [0.1, 0.15) is 0 Å². The summed E-state index contributed by atoms with van der Waals surface area (Å²) in [7, 11) is 8.02. The van der Waals surface area contributed by atoms with Gasteiger partial charge < -0.3 is 9.80 Å². The normalized spacial score (nSPS) is 9.18. The van der Waals surface area contributed by atoms with Crippen molar-refractivity contribution in [2.45, 2.75) is 0 Å². The van der Waals surface area contributed by atoms with Crippen molar-refractivity contribution < 1.29 is 0 Å². The molecule has 0 aliphatic carbocycles. The quantitative estimate of drug-likeness (QED) is 0.321. The highest BCUT2D eigenvalue weighted by molar-refractivity contribution is 14.1. The number of halogens is 1. The Balaban J connectivity index is 4.09. The van der Waals surface area contributed by atoms with Gasteiger partial charge in [-0.05, 0) is 0 Å². The van der Waals surface area contributed by atoms with Gasteiger partial charge in [-0.2, -0.15) is 0 Å². The molecule has 11 heavy (non-hydrogen) atoms. The summed E-state index contributed by atoms with van der Waals surface area (Å²) in [6.07, 6.45) is 0. The molecule has 0 aliphatic heterocycles. The Morgan fingerprint density at radius 2 is 1.64 bits per heavy atom. The van der Waals surface area contributed by atoms with Crippen LogP contribution >= 0.6 is 22.6 Å². The molecule has 0 saturated heterocycles. The van der Waals surface area contributed by atoms with Crippen LogP contribution in [0.25, 0.3) is 0 Å². The maximum atomic E-state index is 4.40. The van der Waals surface area contributed by atoms with Crippen molar-refractivity contribution in [3.05, 3.63) is 0 Å². The molecule has 0 amide bonds. The van der Waals surface area contributed by atoms with Crippen molar-refractivity contribution in [3.63, 3.8) is 0 Å². The fourth-order valence-corrected chi connectivity index (χ4v) is 1.07. The van der Waals surface area contributed by atoms with E-state index in [-0.39, 0.29) is 0 Å². The van der Waals surface area contributed by atoms with E-state index in [0.717, 1.165) is 16.9 Å². The van der Waals surface area contributed by atoms with Gasteiger partial charge in [-0.15, -0.1) is 0 Å². The summed E-state index contributed by atoms with van der Waals surface area (Å²) in [5.74, 6) is 1.03. The molecule has 0 unspecified atom stereocenters. The van der Waals surface area contributed by atoms with E-state index in [4.69, 9.17) is 0 Å². The minimum absolute atomic E-state index is 0.895. The highest BCUT2D eigenvalue weighted by Crippen LogP contribution is 1.90. The first kappa shape index (κ1) is 11.0. The van der Waals surface area contributed by atoms with Crippen LogP contribution in [0.4, 0.5) is 0 Å². The van der Waals surface area contributed by atoms with Crippen molar-refractivity contribution >= 4 is 28.6 Å². The molecule has 0 spiro atoms. The lowest BCUT2D eigenvalue weighted by molar-refractivity contribution is 0.480. The van der Waals surface area contributed by atoms with E-state index >= 15 is 0 Å². The Hall–Kier alpha value is -0.0000000000000000555. The fraction of sp³-hybridized carbons (Fsp3) is 0.857. The van der Waals surface area contributed by atoms with Gasteiger partial charge in [-0.25, -0.2) is 0 Å². The van der Waals surface area contributed by atoms with Gasteiger partial charge in [0.05, 0.1) is 6.54 Å². The highest BCUT2D eigenvalue weighted by atomic mass is 127.